The van der Waals surface area contributed by atoms with E-state index in [4.69, 9.17) is 16.3 Å². The molecule has 0 aliphatic carbocycles. The zero-order valence-electron chi connectivity index (χ0n) is 17.6. The van der Waals surface area contributed by atoms with Gasteiger partial charge in [0, 0.05) is 17.6 Å². The number of oxime groups is 1. The maximum Gasteiger partial charge on any atom is 0.404 e. The van der Waals surface area contributed by atoms with Crippen molar-refractivity contribution < 1.29 is 47.1 Å². The molecule has 20 heteroatoms. The predicted molar refractivity (Wildman–Crippen MR) is 117 cm³/mol. The van der Waals surface area contributed by atoms with E-state index < -0.39 is 70.1 Å². The quantitative estimate of drug-likeness (QED) is 0.0546. The SMILES string of the molecule is NC(=O)OCC1C(NC(=O)C(=NOC(O)c2cc(=O)c(O)c[nH]2)c2csc(N)n2)C(=O)N1S(=O)(=O)O. The number of thiazole rings is 1. The van der Waals surface area contributed by atoms with Crippen LogP contribution < -0.4 is 22.2 Å². The molecule has 18 nitrogen and oxygen atoms in total. The van der Waals surface area contributed by atoms with Gasteiger partial charge in [-0.05, 0) is 0 Å². The van der Waals surface area contributed by atoms with Crippen LogP contribution in [0.2, 0.25) is 0 Å². The molecule has 0 spiro atoms. The fourth-order valence-electron chi connectivity index (χ4n) is 2.88. The van der Waals surface area contributed by atoms with Crippen LogP contribution in [0.4, 0.5) is 9.93 Å². The third-order valence-corrected chi connectivity index (χ3v) is 6.13. The second-order valence-electron chi connectivity index (χ2n) is 6.87. The maximum atomic E-state index is 12.9. The van der Waals surface area contributed by atoms with Crippen LogP contribution in [0.5, 0.6) is 5.75 Å². The number of nitrogen functional groups attached to an aromatic ring is 1. The topological polar surface area (TPSA) is 290 Å². The Hall–Kier alpha value is -4.27. The largest absolute Gasteiger partial charge is 0.503 e. The van der Waals surface area contributed by atoms with Gasteiger partial charge < -0.3 is 41.6 Å². The number of nitrogens with one attached hydrogen (secondary N) is 2. The molecule has 3 unspecified atom stereocenters. The predicted octanol–water partition coefficient (Wildman–Crippen LogP) is -2.88. The van der Waals surface area contributed by atoms with Gasteiger partial charge in [-0.15, -0.1) is 11.3 Å². The fourth-order valence-corrected chi connectivity index (χ4v) is 4.30. The first kappa shape index (κ1) is 26.3. The van der Waals surface area contributed by atoms with Crippen molar-refractivity contribution in [2.45, 2.75) is 18.4 Å². The van der Waals surface area contributed by atoms with Crippen molar-refractivity contribution in [2.75, 3.05) is 12.3 Å². The fraction of sp³-hybridized carbons (Fsp3) is 0.250. The van der Waals surface area contributed by atoms with Crippen molar-refractivity contribution in [3.63, 3.8) is 0 Å². The van der Waals surface area contributed by atoms with Crippen LogP contribution in [0.1, 0.15) is 17.7 Å². The molecule has 1 aliphatic rings. The highest BCUT2D eigenvalue weighted by molar-refractivity contribution is 7.84. The van der Waals surface area contributed by atoms with E-state index in [1.807, 2.05) is 0 Å². The van der Waals surface area contributed by atoms with Crippen LogP contribution in [0, 0.1) is 0 Å². The standard InChI is InChI=1S/C16H17N7O11S2/c17-15-20-6(4-35-15)10(22-34-14(28)5-1-8(24)9(25)2-19-5)12(26)21-11-7(3-33-16(18)29)23(13(11)27)36(30,31)32/h1-2,4,7,11,14,25,28H,3H2,(H2,17,20)(H2,18,29)(H,19,24)(H,21,26)(H,30,31,32). The summed E-state index contributed by atoms with van der Waals surface area (Å²) in [7, 11) is -5.07. The number of amides is 3. The molecular formula is C16H17N7O11S2. The van der Waals surface area contributed by atoms with E-state index >= 15 is 0 Å². The monoisotopic (exact) mass is 547 g/mol. The third kappa shape index (κ3) is 5.68. The van der Waals surface area contributed by atoms with Crippen molar-refractivity contribution >= 4 is 50.4 Å². The number of nitrogens with two attached hydrogens (primary N) is 2. The molecule has 9 N–H and O–H groups in total. The van der Waals surface area contributed by atoms with Gasteiger partial charge in [0.2, 0.25) is 5.43 Å². The van der Waals surface area contributed by atoms with Gasteiger partial charge in [-0.3, -0.25) is 18.9 Å². The molecule has 3 amide bonds. The first-order valence-electron chi connectivity index (χ1n) is 9.38. The number of hydrogen-bond donors (Lipinski definition) is 7. The van der Waals surface area contributed by atoms with Crippen molar-refractivity contribution in [1.29, 1.82) is 0 Å². The molecule has 0 aromatic carbocycles. The number of hydrogen-bond acceptors (Lipinski definition) is 14. The highest BCUT2D eigenvalue weighted by Gasteiger charge is 2.54. The van der Waals surface area contributed by atoms with Crippen molar-refractivity contribution in [1.82, 2.24) is 19.6 Å². The van der Waals surface area contributed by atoms with Gasteiger partial charge in [0.25, 0.3) is 18.1 Å². The van der Waals surface area contributed by atoms with Gasteiger partial charge in [0.05, 0.1) is 5.69 Å². The average Bonchev–Trinajstić information content (AvgIpc) is 3.21. The lowest BCUT2D eigenvalue weighted by atomic mass is 9.99. The van der Waals surface area contributed by atoms with E-state index in [0.29, 0.717) is 0 Å². The van der Waals surface area contributed by atoms with E-state index in [0.717, 1.165) is 23.6 Å². The zero-order valence-corrected chi connectivity index (χ0v) is 19.2. The molecule has 0 radical (unpaired) electrons. The van der Waals surface area contributed by atoms with Gasteiger partial charge in [-0.25, -0.2) is 14.1 Å². The number of carbonyl (C=O) groups is 3. The number of pyridine rings is 1. The number of aliphatic hydroxyl groups is 1. The molecule has 0 saturated carbocycles. The first-order chi connectivity index (χ1) is 16.8. The maximum absolute atomic E-state index is 12.9. The summed E-state index contributed by atoms with van der Waals surface area (Å²) in [5.74, 6) is -3.08. The molecule has 1 fully saturated rings. The summed E-state index contributed by atoms with van der Waals surface area (Å²) in [5, 5.41) is 26.3. The molecule has 194 valence electrons. The van der Waals surface area contributed by atoms with Crippen LogP contribution in [0.15, 0.2) is 27.6 Å². The normalized spacial score (nSPS) is 18.8. The average molecular weight is 547 g/mol. The Morgan fingerprint density at radius 1 is 1.39 bits per heavy atom. The number of β-lactam (4-membered cyclic amide) rings is 1. The van der Waals surface area contributed by atoms with Crippen LogP contribution in [0.3, 0.4) is 0 Å². The molecule has 0 bridgehead atoms. The van der Waals surface area contributed by atoms with Crippen molar-refractivity contribution in [2.24, 2.45) is 10.9 Å². The lowest BCUT2D eigenvalue weighted by Gasteiger charge is -2.43. The summed E-state index contributed by atoms with van der Waals surface area (Å²) >= 11 is 0.893. The number of aromatic amines is 1. The van der Waals surface area contributed by atoms with E-state index in [1.54, 1.807) is 0 Å². The van der Waals surface area contributed by atoms with E-state index in [9.17, 15) is 42.4 Å². The summed E-state index contributed by atoms with van der Waals surface area (Å²) < 4.78 is 36.6. The molecule has 3 atom stereocenters. The minimum Gasteiger partial charge on any atom is -0.503 e. The number of nitrogens with zero attached hydrogens (tertiary/aromatic N) is 3. The van der Waals surface area contributed by atoms with E-state index in [1.165, 1.54) is 5.38 Å². The minimum absolute atomic E-state index is 0.00100. The Bertz CT molecular complexity index is 1390. The van der Waals surface area contributed by atoms with E-state index in [-0.39, 0.29) is 20.8 Å². The molecule has 1 saturated heterocycles. The summed E-state index contributed by atoms with van der Waals surface area (Å²) in [6, 6.07) is -2.38. The van der Waals surface area contributed by atoms with Gasteiger partial charge >= 0.3 is 16.4 Å². The highest BCUT2D eigenvalue weighted by Crippen LogP contribution is 2.24. The van der Waals surface area contributed by atoms with Gasteiger partial charge in [0.1, 0.15) is 24.4 Å². The number of anilines is 1. The summed E-state index contributed by atoms with van der Waals surface area (Å²) in [4.78, 5) is 58.7. The van der Waals surface area contributed by atoms with Crippen LogP contribution in [-0.4, -0.2) is 79.8 Å². The number of primary amides is 1. The Kier molecular flexibility index (Phi) is 7.43. The summed E-state index contributed by atoms with van der Waals surface area (Å²) in [6.45, 7) is -0.800. The second kappa shape index (κ2) is 10.2. The van der Waals surface area contributed by atoms with E-state index in [2.05, 4.69) is 25.2 Å². The van der Waals surface area contributed by atoms with Crippen LogP contribution in [-0.2, 0) is 29.5 Å². The summed E-state index contributed by atoms with van der Waals surface area (Å²) in [5.41, 5.74) is 8.48. The minimum atomic E-state index is -5.07. The molecule has 36 heavy (non-hydrogen) atoms. The highest BCUT2D eigenvalue weighted by atomic mass is 32.2. The zero-order chi connectivity index (χ0) is 26.8. The Morgan fingerprint density at radius 2 is 2.08 bits per heavy atom. The molecule has 2 aromatic heterocycles. The number of ether oxygens (including phenoxy) is 1. The molecule has 3 heterocycles. The lowest BCUT2D eigenvalue weighted by molar-refractivity contribution is -0.146. The Labute approximate surface area is 204 Å². The van der Waals surface area contributed by atoms with Crippen molar-refractivity contribution in [3.8, 4) is 5.75 Å². The van der Waals surface area contributed by atoms with Gasteiger partial charge in [-0.1, -0.05) is 5.16 Å². The number of rotatable bonds is 9. The number of aromatic nitrogens is 2. The smallest absolute Gasteiger partial charge is 0.404 e. The lowest BCUT2D eigenvalue weighted by Crippen LogP contribution is -2.73. The number of carbonyl (C=O) groups excluding carboxylic acids is 3. The Morgan fingerprint density at radius 3 is 2.64 bits per heavy atom. The summed E-state index contributed by atoms with van der Waals surface area (Å²) in [6.07, 6.45) is -2.38. The first-order valence-corrected chi connectivity index (χ1v) is 11.7. The Balaban J connectivity index is 1.85. The second-order valence-corrected chi connectivity index (χ2v) is 9.05. The molecule has 2 aromatic rings. The number of H-pyrrole nitrogens is 1. The number of aromatic hydroxyl groups is 1. The molecular weight excluding hydrogens is 530 g/mol. The van der Waals surface area contributed by atoms with Gasteiger partial charge in [0.15, 0.2) is 16.6 Å². The molecule has 1 aliphatic heterocycles. The van der Waals surface area contributed by atoms with Crippen LogP contribution in [0.25, 0.3) is 0 Å². The number of aliphatic hydroxyl groups excluding tert-OH is 1. The van der Waals surface area contributed by atoms with Crippen LogP contribution >= 0.6 is 11.3 Å². The third-order valence-electron chi connectivity index (χ3n) is 4.50. The van der Waals surface area contributed by atoms with Crippen molar-refractivity contribution in [3.05, 3.63) is 39.3 Å². The van der Waals surface area contributed by atoms with Gasteiger partial charge in [-0.2, -0.15) is 8.42 Å². The molecule has 3 rings (SSSR count).